The number of aliphatic carboxylic acids is 1. The largest absolute Gasteiger partial charge is 0.497 e. The van der Waals surface area contributed by atoms with Crippen LogP contribution in [0.5, 0.6) is 5.75 Å². The average Bonchev–Trinajstić information content (AvgIpc) is 2.75. The lowest BCUT2D eigenvalue weighted by Crippen LogP contribution is -2.06. The van der Waals surface area contributed by atoms with E-state index in [1.165, 1.54) is 0 Å². The molecule has 0 aliphatic rings. The standard InChI is InChI=1S/C15H17N3O3/c1-10-16-11(2)18(17-10)9-13-8-14(21-3)6-4-12(13)5-7-15(19)20/h4-8H,9H2,1-3H3,(H,19,20). The van der Waals surface area contributed by atoms with Crippen LogP contribution in [0.15, 0.2) is 24.3 Å². The Kier molecular flexibility index (Phi) is 4.37. The van der Waals surface area contributed by atoms with E-state index in [0.717, 1.165) is 23.0 Å². The maximum atomic E-state index is 10.7. The zero-order valence-corrected chi connectivity index (χ0v) is 12.2. The molecular formula is C15H17N3O3. The number of carbonyl (C=O) groups is 1. The number of benzene rings is 1. The smallest absolute Gasteiger partial charge is 0.328 e. The van der Waals surface area contributed by atoms with Crippen LogP contribution < -0.4 is 4.74 Å². The Balaban J connectivity index is 2.39. The van der Waals surface area contributed by atoms with Gasteiger partial charge in [-0.15, -0.1) is 0 Å². The van der Waals surface area contributed by atoms with Crippen molar-refractivity contribution in [2.45, 2.75) is 20.4 Å². The van der Waals surface area contributed by atoms with Crippen molar-refractivity contribution in [1.82, 2.24) is 14.8 Å². The Morgan fingerprint density at radius 3 is 2.76 bits per heavy atom. The summed E-state index contributed by atoms with van der Waals surface area (Å²) in [7, 11) is 1.59. The molecule has 1 aromatic carbocycles. The third kappa shape index (κ3) is 3.68. The molecule has 0 fully saturated rings. The second-order valence-electron chi connectivity index (χ2n) is 4.60. The van der Waals surface area contributed by atoms with E-state index in [4.69, 9.17) is 9.84 Å². The first-order valence-electron chi connectivity index (χ1n) is 6.45. The second-order valence-corrected chi connectivity index (χ2v) is 4.60. The number of rotatable bonds is 5. The number of carboxylic acids is 1. The monoisotopic (exact) mass is 287 g/mol. The van der Waals surface area contributed by atoms with Crippen LogP contribution in [-0.2, 0) is 11.3 Å². The number of nitrogens with zero attached hydrogens (tertiary/aromatic N) is 3. The van der Waals surface area contributed by atoms with Crippen LogP contribution in [0.4, 0.5) is 0 Å². The van der Waals surface area contributed by atoms with Gasteiger partial charge in [0.15, 0.2) is 0 Å². The summed E-state index contributed by atoms with van der Waals surface area (Å²) in [4.78, 5) is 14.9. The lowest BCUT2D eigenvalue weighted by atomic mass is 10.1. The molecule has 6 heteroatoms. The van der Waals surface area contributed by atoms with Crippen molar-refractivity contribution in [3.05, 3.63) is 47.1 Å². The molecule has 0 spiro atoms. The van der Waals surface area contributed by atoms with Crippen molar-refractivity contribution in [3.63, 3.8) is 0 Å². The minimum absolute atomic E-state index is 0.503. The van der Waals surface area contributed by atoms with Crippen LogP contribution in [0, 0.1) is 13.8 Å². The van der Waals surface area contributed by atoms with Gasteiger partial charge in [0.25, 0.3) is 0 Å². The number of carboxylic acid groups (broad SMARTS) is 1. The molecule has 21 heavy (non-hydrogen) atoms. The van der Waals surface area contributed by atoms with E-state index in [1.807, 2.05) is 26.0 Å². The second kappa shape index (κ2) is 6.21. The molecule has 0 atom stereocenters. The van der Waals surface area contributed by atoms with Gasteiger partial charge in [-0.2, -0.15) is 5.10 Å². The van der Waals surface area contributed by atoms with E-state index in [-0.39, 0.29) is 0 Å². The summed E-state index contributed by atoms with van der Waals surface area (Å²) in [5, 5.41) is 13.1. The normalized spacial score (nSPS) is 11.0. The number of methoxy groups -OCH3 is 1. The van der Waals surface area contributed by atoms with Gasteiger partial charge >= 0.3 is 5.97 Å². The number of hydrogen-bond acceptors (Lipinski definition) is 4. The van der Waals surface area contributed by atoms with Crippen LogP contribution in [0.3, 0.4) is 0 Å². The summed E-state index contributed by atoms with van der Waals surface area (Å²) in [5.41, 5.74) is 1.73. The Hall–Kier alpha value is -2.63. The summed E-state index contributed by atoms with van der Waals surface area (Å²) in [6, 6.07) is 5.50. The molecule has 6 nitrogen and oxygen atoms in total. The Morgan fingerprint density at radius 1 is 1.43 bits per heavy atom. The third-order valence-electron chi connectivity index (χ3n) is 3.04. The average molecular weight is 287 g/mol. The summed E-state index contributed by atoms with van der Waals surface area (Å²) in [6.07, 6.45) is 2.68. The lowest BCUT2D eigenvalue weighted by Gasteiger charge is -2.09. The van der Waals surface area contributed by atoms with Crippen LogP contribution in [-0.4, -0.2) is 33.0 Å². The highest BCUT2D eigenvalue weighted by Crippen LogP contribution is 2.20. The molecule has 2 rings (SSSR count). The number of hydrogen-bond donors (Lipinski definition) is 1. The minimum Gasteiger partial charge on any atom is -0.497 e. The van der Waals surface area contributed by atoms with Crippen LogP contribution in [0.25, 0.3) is 6.08 Å². The molecule has 1 N–H and O–H groups in total. The molecule has 0 saturated heterocycles. The Labute approximate surface area is 122 Å². The fourth-order valence-electron chi connectivity index (χ4n) is 2.04. The van der Waals surface area contributed by atoms with Crippen LogP contribution >= 0.6 is 0 Å². The first-order valence-corrected chi connectivity index (χ1v) is 6.45. The number of ether oxygens (including phenoxy) is 1. The predicted molar refractivity (Wildman–Crippen MR) is 78.3 cm³/mol. The van der Waals surface area contributed by atoms with Gasteiger partial charge < -0.3 is 9.84 Å². The van der Waals surface area contributed by atoms with E-state index in [1.54, 1.807) is 23.9 Å². The lowest BCUT2D eigenvalue weighted by molar-refractivity contribution is -0.131. The molecule has 0 unspecified atom stereocenters. The number of aryl methyl sites for hydroxylation is 2. The minimum atomic E-state index is -0.982. The van der Waals surface area contributed by atoms with Gasteiger partial charge in [-0.3, -0.25) is 0 Å². The highest BCUT2D eigenvalue weighted by Gasteiger charge is 2.08. The van der Waals surface area contributed by atoms with Gasteiger partial charge in [0.1, 0.15) is 17.4 Å². The zero-order chi connectivity index (χ0) is 15.4. The van der Waals surface area contributed by atoms with E-state index < -0.39 is 5.97 Å². The van der Waals surface area contributed by atoms with Gasteiger partial charge in [0.05, 0.1) is 13.7 Å². The fraction of sp³-hybridized carbons (Fsp3) is 0.267. The predicted octanol–water partition coefficient (Wildman–Crippen LogP) is 2.05. The van der Waals surface area contributed by atoms with Gasteiger partial charge in [-0.25, -0.2) is 14.5 Å². The van der Waals surface area contributed by atoms with Gasteiger partial charge in [-0.05, 0) is 43.2 Å². The van der Waals surface area contributed by atoms with E-state index in [0.29, 0.717) is 18.1 Å². The zero-order valence-electron chi connectivity index (χ0n) is 12.2. The molecule has 1 heterocycles. The topological polar surface area (TPSA) is 77.2 Å². The van der Waals surface area contributed by atoms with Crippen molar-refractivity contribution in [3.8, 4) is 5.75 Å². The molecule has 2 aromatic rings. The molecule has 1 aromatic heterocycles. The molecule has 110 valence electrons. The molecule has 0 bridgehead atoms. The van der Waals surface area contributed by atoms with E-state index in [2.05, 4.69) is 10.1 Å². The van der Waals surface area contributed by atoms with Crippen LogP contribution in [0.1, 0.15) is 22.8 Å². The molecule has 0 aliphatic carbocycles. The van der Waals surface area contributed by atoms with Crippen molar-refractivity contribution in [2.24, 2.45) is 0 Å². The van der Waals surface area contributed by atoms with Crippen LogP contribution in [0.2, 0.25) is 0 Å². The summed E-state index contributed by atoms with van der Waals surface area (Å²) >= 11 is 0. The van der Waals surface area contributed by atoms with Gasteiger partial charge in [0, 0.05) is 6.08 Å². The molecular weight excluding hydrogens is 270 g/mol. The summed E-state index contributed by atoms with van der Waals surface area (Å²) < 4.78 is 7.00. The van der Waals surface area contributed by atoms with Crippen molar-refractivity contribution < 1.29 is 14.6 Å². The molecule has 0 radical (unpaired) electrons. The summed E-state index contributed by atoms with van der Waals surface area (Å²) in [6.45, 7) is 4.22. The summed E-state index contributed by atoms with van der Waals surface area (Å²) in [5.74, 6) is 1.25. The van der Waals surface area contributed by atoms with Gasteiger partial charge in [0.2, 0.25) is 0 Å². The van der Waals surface area contributed by atoms with E-state index >= 15 is 0 Å². The first-order chi connectivity index (χ1) is 9.99. The molecule has 0 aliphatic heterocycles. The SMILES string of the molecule is COc1ccc(C=CC(=O)O)c(Cn2nc(C)nc2C)c1. The Bertz CT molecular complexity index is 689. The third-order valence-corrected chi connectivity index (χ3v) is 3.04. The maximum Gasteiger partial charge on any atom is 0.328 e. The van der Waals surface area contributed by atoms with Crippen molar-refractivity contribution in [1.29, 1.82) is 0 Å². The fourth-order valence-corrected chi connectivity index (χ4v) is 2.04. The Morgan fingerprint density at radius 2 is 2.19 bits per heavy atom. The highest BCUT2D eigenvalue weighted by atomic mass is 16.5. The first kappa shape index (κ1) is 14.8. The highest BCUT2D eigenvalue weighted by molar-refractivity contribution is 5.85. The van der Waals surface area contributed by atoms with Gasteiger partial charge in [-0.1, -0.05) is 6.07 Å². The number of aromatic nitrogens is 3. The molecule has 0 saturated carbocycles. The van der Waals surface area contributed by atoms with E-state index in [9.17, 15) is 4.79 Å². The van der Waals surface area contributed by atoms with Crippen molar-refractivity contribution >= 4 is 12.0 Å². The maximum absolute atomic E-state index is 10.7. The molecule has 0 amide bonds. The quantitative estimate of drug-likeness (QED) is 0.852. The van der Waals surface area contributed by atoms with Crippen molar-refractivity contribution in [2.75, 3.05) is 7.11 Å².